The van der Waals surface area contributed by atoms with Crippen molar-refractivity contribution in [1.29, 1.82) is 0 Å². The van der Waals surface area contributed by atoms with Crippen LogP contribution in [-0.4, -0.2) is 12.1 Å². The van der Waals surface area contributed by atoms with Crippen LogP contribution in [0.5, 0.6) is 23.0 Å². The fourth-order valence-corrected chi connectivity index (χ4v) is 3.99. The molecule has 2 aliphatic rings. The quantitative estimate of drug-likeness (QED) is 0.259. The second-order valence-corrected chi connectivity index (χ2v) is 7.66. The average molecular weight is 454 g/mol. The summed E-state index contributed by atoms with van der Waals surface area (Å²) in [6.07, 6.45) is -6.23. The first-order chi connectivity index (χ1) is 15.0. The number of hydrogen-bond acceptors (Lipinski definition) is 2. The SMILES string of the molecule is FC(F)(F)C(F)(F)C(F)(F)c1cccc2c1Cc1cc3c(cc1O2)Oc1ccccc1C3. The third-order valence-corrected chi connectivity index (χ3v) is 5.63. The van der Waals surface area contributed by atoms with E-state index in [2.05, 4.69) is 0 Å². The van der Waals surface area contributed by atoms with Crippen molar-refractivity contribution in [3.63, 3.8) is 0 Å². The van der Waals surface area contributed by atoms with Crippen LogP contribution in [0.25, 0.3) is 0 Å². The van der Waals surface area contributed by atoms with Gasteiger partial charge in [0.2, 0.25) is 0 Å². The highest BCUT2D eigenvalue weighted by Crippen LogP contribution is 2.54. The molecule has 0 atom stereocenters. The number of hydrogen-bond donors (Lipinski definition) is 0. The highest BCUT2D eigenvalue weighted by Gasteiger charge is 2.74. The van der Waals surface area contributed by atoms with Crippen LogP contribution in [0.2, 0.25) is 0 Å². The van der Waals surface area contributed by atoms with Crippen molar-refractivity contribution in [1.82, 2.24) is 0 Å². The van der Waals surface area contributed by atoms with Crippen molar-refractivity contribution in [2.45, 2.75) is 30.9 Å². The van der Waals surface area contributed by atoms with E-state index in [1.165, 1.54) is 6.07 Å². The summed E-state index contributed by atoms with van der Waals surface area (Å²) >= 11 is 0. The van der Waals surface area contributed by atoms with Crippen LogP contribution < -0.4 is 9.47 Å². The van der Waals surface area contributed by atoms with Crippen LogP contribution in [0.4, 0.5) is 30.7 Å². The first-order valence-corrected chi connectivity index (χ1v) is 9.53. The van der Waals surface area contributed by atoms with Crippen molar-refractivity contribution < 1.29 is 40.2 Å². The Morgan fingerprint density at radius 3 is 1.94 bits per heavy atom. The molecule has 0 spiro atoms. The molecule has 0 unspecified atom stereocenters. The van der Waals surface area contributed by atoms with Gasteiger partial charge in [-0.2, -0.15) is 30.7 Å². The number of ether oxygens (including phenoxy) is 2. The van der Waals surface area contributed by atoms with E-state index in [-0.39, 0.29) is 17.9 Å². The lowest BCUT2D eigenvalue weighted by Crippen LogP contribution is -2.50. The zero-order valence-electron chi connectivity index (χ0n) is 16.1. The number of halogens is 7. The molecule has 0 saturated heterocycles. The Labute approximate surface area is 177 Å². The Bertz CT molecular complexity index is 1230. The Kier molecular flexibility index (Phi) is 4.28. The van der Waals surface area contributed by atoms with E-state index in [9.17, 15) is 30.7 Å². The Morgan fingerprint density at radius 2 is 1.22 bits per heavy atom. The molecule has 0 N–H and O–H groups in total. The molecule has 0 radical (unpaired) electrons. The summed E-state index contributed by atoms with van der Waals surface area (Å²) < 4.78 is 106. The summed E-state index contributed by atoms with van der Waals surface area (Å²) in [5.41, 5.74) is 0.180. The van der Waals surface area contributed by atoms with Crippen LogP contribution in [0.1, 0.15) is 27.8 Å². The van der Waals surface area contributed by atoms with Crippen LogP contribution in [0.15, 0.2) is 54.6 Å². The molecule has 166 valence electrons. The van der Waals surface area contributed by atoms with E-state index in [1.54, 1.807) is 18.2 Å². The molecule has 0 fully saturated rings. The minimum Gasteiger partial charge on any atom is -0.457 e. The maximum Gasteiger partial charge on any atom is 0.460 e. The van der Waals surface area contributed by atoms with Crippen LogP contribution in [0.3, 0.4) is 0 Å². The van der Waals surface area contributed by atoms with Gasteiger partial charge >= 0.3 is 18.0 Å². The Morgan fingerprint density at radius 1 is 0.594 bits per heavy atom. The van der Waals surface area contributed by atoms with Crippen molar-refractivity contribution in [3.8, 4) is 23.0 Å². The highest BCUT2D eigenvalue weighted by molar-refractivity contribution is 5.60. The summed E-state index contributed by atoms with van der Waals surface area (Å²) in [6, 6.07) is 13.3. The van der Waals surface area contributed by atoms with E-state index in [0.717, 1.165) is 17.2 Å². The fraction of sp³-hybridized carbons (Fsp3) is 0.217. The van der Waals surface area contributed by atoms with Gasteiger partial charge in [0.1, 0.15) is 23.0 Å². The molecule has 5 rings (SSSR count). The lowest BCUT2D eigenvalue weighted by atomic mass is 9.88. The highest BCUT2D eigenvalue weighted by atomic mass is 19.4. The lowest BCUT2D eigenvalue weighted by Gasteiger charge is -2.32. The average Bonchev–Trinajstić information content (AvgIpc) is 2.73. The number of rotatable bonds is 2. The van der Waals surface area contributed by atoms with Gasteiger partial charge in [0.15, 0.2) is 0 Å². The Hall–Kier alpha value is -3.23. The first kappa shape index (κ1) is 20.7. The van der Waals surface area contributed by atoms with E-state index < -0.39 is 29.1 Å². The molecule has 9 heteroatoms. The van der Waals surface area contributed by atoms with Crippen molar-refractivity contribution >= 4 is 0 Å². The number of fused-ring (bicyclic) bond motifs is 4. The van der Waals surface area contributed by atoms with E-state index in [0.29, 0.717) is 29.5 Å². The van der Waals surface area contributed by atoms with Gasteiger partial charge in [0.25, 0.3) is 0 Å². The molecule has 3 aromatic carbocycles. The van der Waals surface area contributed by atoms with Gasteiger partial charge in [0, 0.05) is 30.0 Å². The van der Waals surface area contributed by atoms with Crippen molar-refractivity contribution in [3.05, 3.63) is 82.4 Å². The smallest absolute Gasteiger partial charge is 0.457 e. The molecule has 2 aliphatic heterocycles. The van der Waals surface area contributed by atoms with Gasteiger partial charge in [0.05, 0.1) is 0 Å². The minimum atomic E-state index is -6.42. The molecular weight excluding hydrogens is 441 g/mol. The van der Waals surface area contributed by atoms with Crippen molar-refractivity contribution in [2.75, 3.05) is 0 Å². The molecule has 2 nitrogen and oxygen atoms in total. The number of alkyl halides is 7. The normalized spacial score (nSPS) is 15.0. The van der Waals surface area contributed by atoms with E-state index in [4.69, 9.17) is 9.47 Å². The van der Waals surface area contributed by atoms with Crippen LogP contribution >= 0.6 is 0 Å². The van der Waals surface area contributed by atoms with E-state index >= 15 is 0 Å². The fourth-order valence-electron chi connectivity index (χ4n) is 3.99. The molecule has 0 saturated carbocycles. The summed E-state index contributed by atoms with van der Waals surface area (Å²) in [5.74, 6) is -10.5. The zero-order chi connectivity index (χ0) is 22.9. The predicted octanol–water partition coefficient (Wildman–Crippen LogP) is 7.37. The maximum atomic E-state index is 14.5. The number of para-hydroxylation sites is 1. The van der Waals surface area contributed by atoms with Crippen molar-refractivity contribution in [2.24, 2.45) is 0 Å². The van der Waals surface area contributed by atoms with Gasteiger partial charge in [-0.15, -0.1) is 0 Å². The Balaban J connectivity index is 1.56. The molecule has 2 heterocycles. The molecule has 0 bridgehead atoms. The molecule has 0 aliphatic carbocycles. The maximum absolute atomic E-state index is 14.5. The molecule has 32 heavy (non-hydrogen) atoms. The predicted molar refractivity (Wildman–Crippen MR) is 100.0 cm³/mol. The monoisotopic (exact) mass is 454 g/mol. The van der Waals surface area contributed by atoms with Gasteiger partial charge in [-0.05, 0) is 34.9 Å². The third kappa shape index (κ3) is 2.94. The summed E-state index contributed by atoms with van der Waals surface area (Å²) in [4.78, 5) is 0. The molecular formula is C23H13F7O2. The standard InChI is InChI=1S/C23H13F7O2/c24-21(25,22(26,27)23(28,29)30)16-5-3-7-18-15(16)10-14-9-13-8-12-4-1-2-6-17(12)31-19(13)11-20(14)32-18/h1-7,9,11H,8,10H2. The summed E-state index contributed by atoms with van der Waals surface area (Å²) in [7, 11) is 0. The summed E-state index contributed by atoms with van der Waals surface area (Å²) in [6.45, 7) is 0. The van der Waals surface area contributed by atoms with Crippen LogP contribution in [-0.2, 0) is 18.8 Å². The second-order valence-electron chi connectivity index (χ2n) is 7.66. The van der Waals surface area contributed by atoms with Gasteiger partial charge < -0.3 is 9.47 Å². The van der Waals surface area contributed by atoms with Crippen LogP contribution in [0, 0.1) is 0 Å². The topological polar surface area (TPSA) is 18.5 Å². The van der Waals surface area contributed by atoms with Gasteiger partial charge in [-0.25, -0.2) is 0 Å². The van der Waals surface area contributed by atoms with Gasteiger partial charge in [-0.3, -0.25) is 0 Å². The van der Waals surface area contributed by atoms with E-state index in [1.807, 2.05) is 18.2 Å². The summed E-state index contributed by atoms with van der Waals surface area (Å²) in [5, 5.41) is 0. The lowest BCUT2D eigenvalue weighted by molar-refractivity contribution is -0.359. The number of benzene rings is 3. The first-order valence-electron chi connectivity index (χ1n) is 9.53. The molecule has 0 aromatic heterocycles. The molecule has 0 amide bonds. The molecule has 3 aromatic rings. The largest absolute Gasteiger partial charge is 0.460 e. The third-order valence-electron chi connectivity index (χ3n) is 5.63. The second kappa shape index (κ2) is 6.63. The minimum absolute atomic E-state index is 0.205. The van der Waals surface area contributed by atoms with Gasteiger partial charge in [-0.1, -0.05) is 30.3 Å². The zero-order valence-corrected chi connectivity index (χ0v) is 16.1.